The zero-order valence-electron chi connectivity index (χ0n) is 10.1. The Morgan fingerprint density at radius 2 is 2.20 bits per heavy atom. The van der Waals surface area contributed by atoms with Gasteiger partial charge in [0.1, 0.15) is 0 Å². The summed E-state index contributed by atoms with van der Waals surface area (Å²) >= 11 is 0. The van der Waals surface area contributed by atoms with E-state index in [4.69, 9.17) is 0 Å². The highest BCUT2D eigenvalue weighted by Gasteiger charge is 2.12. The molecule has 15 heavy (non-hydrogen) atoms. The van der Waals surface area contributed by atoms with E-state index in [-0.39, 0.29) is 0 Å². The molecule has 1 heterocycles. The van der Waals surface area contributed by atoms with E-state index in [2.05, 4.69) is 30.2 Å². The first kappa shape index (κ1) is 12.2. The fourth-order valence-corrected chi connectivity index (χ4v) is 1.89. The van der Waals surface area contributed by atoms with E-state index in [1.165, 1.54) is 30.5 Å². The first-order chi connectivity index (χ1) is 7.33. The standard InChI is InChI=1S/C13H22N2/c1-4-6-9-12(14-3)13-11(5-2)8-7-10-15-13/h7-8,10,12,14H,4-6,9H2,1-3H3. The van der Waals surface area contributed by atoms with Crippen molar-refractivity contribution in [1.82, 2.24) is 10.3 Å². The molecular formula is C13H22N2. The number of aryl methyl sites for hydroxylation is 1. The summed E-state index contributed by atoms with van der Waals surface area (Å²) in [5.74, 6) is 0. The maximum Gasteiger partial charge on any atom is 0.0604 e. The first-order valence-electron chi connectivity index (χ1n) is 5.94. The van der Waals surface area contributed by atoms with Gasteiger partial charge in [0.25, 0.3) is 0 Å². The Hall–Kier alpha value is -0.890. The van der Waals surface area contributed by atoms with Crippen LogP contribution in [0.3, 0.4) is 0 Å². The summed E-state index contributed by atoms with van der Waals surface area (Å²) in [6, 6.07) is 4.62. The Morgan fingerprint density at radius 1 is 1.40 bits per heavy atom. The lowest BCUT2D eigenvalue weighted by atomic mass is 10.0. The van der Waals surface area contributed by atoms with Gasteiger partial charge >= 0.3 is 0 Å². The minimum Gasteiger partial charge on any atom is -0.312 e. The molecule has 0 bridgehead atoms. The van der Waals surface area contributed by atoms with Gasteiger partial charge in [0.05, 0.1) is 5.69 Å². The zero-order valence-corrected chi connectivity index (χ0v) is 10.1. The summed E-state index contributed by atoms with van der Waals surface area (Å²) in [6.45, 7) is 4.42. The van der Waals surface area contributed by atoms with Crippen LogP contribution in [0.25, 0.3) is 0 Å². The van der Waals surface area contributed by atoms with Gasteiger partial charge in [-0.1, -0.05) is 32.8 Å². The summed E-state index contributed by atoms with van der Waals surface area (Å²) in [5, 5.41) is 3.37. The van der Waals surface area contributed by atoms with Crippen LogP contribution < -0.4 is 5.32 Å². The number of rotatable bonds is 6. The van der Waals surface area contributed by atoms with Crippen LogP contribution in [0.15, 0.2) is 18.3 Å². The van der Waals surface area contributed by atoms with Gasteiger partial charge in [-0.3, -0.25) is 4.98 Å². The van der Waals surface area contributed by atoms with Crippen LogP contribution in [0, 0.1) is 0 Å². The molecule has 84 valence electrons. The van der Waals surface area contributed by atoms with E-state index >= 15 is 0 Å². The molecule has 1 rings (SSSR count). The monoisotopic (exact) mass is 206 g/mol. The van der Waals surface area contributed by atoms with E-state index in [9.17, 15) is 0 Å². The van der Waals surface area contributed by atoms with Gasteiger partial charge in [0.15, 0.2) is 0 Å². The summed E-state index contributed by atoms with van der Waals surface area (Å²) in [5.41, 5.74) is 2.60. The Bertz CT molecular complexity index is 284. The molecule has 2 nitrogen and oxygen atoms in total. The average Bonchev–Trinajstić information content (AvgIpc) is 2.30. The van der Waals surface area contributed by atoms with Crippen molar-refractivity contribution in [2.75, 3.05) is 7.05 Å². The Labute approximate surface area is 93.1 Å². The highest BCUT2D eigenvalue weighted by molar-refractivity contribution is 5.22. The number of aromatic nitrogens is 1. The highest BCUT2D eigenvalue weighted by atomic mass is 14.9. The molecule has 0 radical (unpaired) electrons. The molecule has 1 unspecified atom stereocenters. The van der Waals surface area contributed by atoms with Crippen LogP contribution in [0.2, 0.25) is 0 Å². The van der Waals surface area contributed by atoms with E-state index < -0.39 is 0 Å². The molecule has 1 aromatic heterocycles. The number of nitrogens with one attached hydrogen (secondary N) is 1. The fraction of sp³-hybridized carbons (Fsp3) is 0.615. The Kier molecular flexibility index (Phi) is 5.33. The van der Waals surface area contributed by atoms with Gasteiger partial charge in [-0.2, -0.15) is 0 Å². The van der Waals surface area contributed by atoms with Crippen molar-refractivity contribution in [3.63, 3.8) is 0 Å². The second kappa shape index (κ2) is 6.57. The topological polar surface area (TPSA) is 24.9 Å². The normalized spacial score (nSPS) is 12.7. The predicted octanol–water partition coefficient (Wildman–Crippen LogP) is 3.09. The van der Waals surface area contributed by atoms with Gasteiger partial charge < -0.3 is 5.32 Å². The molecule has 0 spiro atoms. The van der Waals surface area contributed by atoms with Crippen LogP contribution in [-0.4, -0.2) is 12.0 Å². The lowest BCUT2D eigenvalue weighted by Gasteiger charge is -2.17. The van der Waals surface area contributed by atoms with Crippen LogP contribution in [0.5, 0.6) is 0 Å². The molecule has 0 fully saturated rings. The van der Waals surface area contributed by atoms with Crippen LogP contribution in [0.1, 0.15) is 50.4 Å². The molecule has 0 aliphatic carbocycles. The van der Waals surface area contributed by atoms with E-state index in [0.29, 0.717) is 6.04 Å². The third kappa shape index (κ3) is 3.31. The van der Waals surface area contributed by atoms with Gasteiger partial charge in [0, 0.05) is 12.2 Å². The molecule has 1 atom stereocenters. The van der Waals surface area contributed by atoms with Crippen LogP contribution >= 0.6 is 0 Å². The molecule has 0 aliphatic heterocycles. The number of pyridine rings is 1. The van der Waals surface area contributed by atoms with Gasteiger partial charge in [0.2, 0.25) is 0 Å². The molecule has 0 aliphatic rings. The molecule has 0 saturated carbocycles. The maximum atomic E-state index is 4.51. The van der Waals surface area contributed by atoms with E-state index in [1.54, 1.807) is 0 Å². The van der Waals surface area contributed by atoms with Gasteiger partial charge in [-0.05, 0) is 31.5 Å². The van der Waals surface area contributed by atoms with Crippen molar-refractivity contribution in [3.05, 3.63) is 29.6 Å². The van der Waals surface area contributed by atoms with Gasteiger partial charge in [-0.15, -0.1) is 0 Å². The van der Waals surface area contributed by atoms with Crippen molar-refractivity contribution in [3.8, 4) is 0 Å². The molecule has 2 heteroatoms. The highest BCUT2D eigenvalue weighted by Crippen LogP contribution is 2.20. The molecule has 1 aromatic rings. The third-order valence-electron chi connectivity index (χ3n) is 2.83. The molecule has 0 aromatic carbocycles. The fourth-order valence-electron chi connectivity index (χ4n) is 1.89. The number of unbranched alkanes of at least 4 members (excludes halogenated alkanes) is 1. The largest absolute Gasteiger partial charge is 0.312 e. The predicted molar refractivity (Wildman–Crippen MR) is 64.9 cm³/mol. The van der Waals surface area contributed by atoms with E-state index in [0.717, 1.165) is 6.42 Å². The number of hydrogen-bond acceptors (Lipinski definition) is 2. The summed E-state index contributed by atoms with van der Waals surface area (Å²) in [7, 11) is 2.02. The van der Waals surface area contributed by atoms with Gasteiger partial charge in [-0.25, -0.2) is 0 Å². The summed E-state index contributed by atoms with van der Waals surface area (Å²) in [4.78, 5) is 4.51. The van der Waals surface area contributed by atoms with Crippen molar-refractivity contribution in [2.45, 2.75) is 45.6 Å². The minimum absolute atomic E-state index is 0.418. The molecular weight excluding hydrogens is 184 g/mol. The van der Waals surface area contributed by atoms with E-state index in [1.807, 2.05) is 19.3 Å². The second-order valence-corrected chi connectivity index (χ2v) is 3.88. The molecule has 1 N–H and O–H groups in total. The number of nitrogens with zero attached hydrogens (tertiary/aromatic N) is 1. The smallest absolute Gasteiger partial charge is 0.0604 e. The minimum atomic E-state index is 0.418. The van der Waals surface area contributed by atoms with Crippen LogP contribution in [0.4, 0.5) is 0 Å². The third-order valence-corrected chi connectivity index (χ3v) is 2.83. The summed E-state index contributed by atoms with van der Waals surface area (Å²) in [6.07, 6.45) is 6.63. The SMILES string of the molecule is CCCCC(NC)c1ncccc1CC. The van der Waals surface area contributed by atoms with Crippen molar-refractivity contribution in [1.29, 1.82) is 0 Å². The lowest BCUT2D eigenvalue weighted by molar-refractivity contribution is 0.507. The lowest BCUT2D eigenvalue weighted by Crippen LogP contribution is -2.19. The van der Waals surface area contributed by atoms with Crippen molar-refractivity contribution >= 4 is 0 Å². The molecule has 0 saturated heterocycles. The zero-order chi connectivity index (χ0) is 11.1. The first-order valence-corrected chi connectivity index (χ1v) is 5.94. The Morgan fingerprint density at radius 3 is 2.80 bits per heavy atom. The second-order valence-electron chi connectivity index (χ2n) is 3.88. The quantitative estimate of drug-likeness (QED) is 0.773. The maximum absolute atomic E-state index is 4.51. The van der Waals surface area contributed by atoms with Crippen molar-refractivity contribution < 1.29 is 0 Å². The summed E-state index contributed by atoms with van der Waals surface area (Å²) < 4.78 is 0. The number of hydrogen-bond donors (Lipinski definition) is 1. The van der Waals surface area contributed by atoms with Crippen LogP contribution in [-0.2, 0) is 6.42 Å². The average molecular weight is 206 g/mol. The Balaban J connectivity index is 2.80. The van der Waals surface area contributed by atoms with Crippen molar-refractivity contribution in [2.24, 2.45) is 0 Å². The molecule has 0 amide bonds.